The summed E-state index contributed by atoms with van der Waals surface area (Å²) in [6.45, 7) is 7.62. The summed E-state index contributed by atoms with van der Waals surface area (Å²) < 4.78 is 0. The molecule has 13 nitrogen and oxygen atoms in total. The molecule has 0 aromatic heterocycles. The predicted octanol–water partition coefficient (Wildman–Crippen LogP) is 3.50. The van der Waals surface area contributed by atoms with Gasteiger partial charge in [-0.25, -0.2) is 4.79 Å². The Morgan fingerprint density at radius 1 is 0.636 bits per heavy atom. The normalized spacial score (nSPS) is 11.8. The molecule has 4 N–H and O–H groups in total. The zero-order valence-electron chi connectivity index (χ0n) is 25.7. The van der Waals surface area contributed by atoms with Crippen LogP contribution < -0.4 is 21.3 Å². The molecule has 0 saturated carbocycles. The van der Waals surface area contributed by atoms with Crippen molar-refractivity contribution in [3.05, 3.63) is 59.7 Å². The van der Waals surface area contributed by atoms with Crippen molar-refractivity contribution >= 4 is 41.0 Å². The molecule has 0 aliphatic rings. The van der Waals surface area contributed by atoms with E-state index in [1.807, 2.05) is 27.7 Å². The van der Waals surface area contributed by atoms with E-state index in [2.05, 4.69) is 21.3 Å². The van der Waals surface area contributed by atoms with Gasteiger partial charge in [-0.3, -0.25) is 29.0 Å². The van der Waals surface area contributed by atoms with Crippen LogP contribution in [0.1, 0.15) is 61.3 Å². The molecule has 2 aromatic rings. The smallest absolute Gasteiger partial charge is 0.323 e. The van der Waals surface area contributed by atoms with Crippen LogP contribution in [0, 0.1) is 34.7 Å². The second kappa shape index (κ2) is 16.3. The molecule has 2 unspecified atom stereocenters. The number of nitrogens with one attached hydrogen (secondary N) is 4. The predicted molar refractivity (Wildman–Crippen MR) is 164 cm³/mol. The molecule has 0 saturated heterocycles. The number of carbonyl (C=O) groups excluding carboxylic acids is 5. The Labute approximate surface area is 257 Å². The van der Waals surface area contributed by atoms with Crippen molar-refractivity contribution in [2.24, 2.45) is 11.8 Å². The molecule has 232 valence electrons. The highest BCUT2D eigenvalue weighted by molar-refractivity contribution is 6.02. The van der Waals surface area contributed by atoms with Crippen molar-refractivity contribution < 1.29 is 24.0 Å². The zero-order valence-corrected chi connectivity index (χ0v) is 25.7. The Kier molecular flexibility index (Phi) is 12.9. The van der Waals surface area contributed by atoms with E-state index in [4.69, 9.17) is 10.5 Å². The second-order valence-electron chi connectivity index (χ2n) is 11.0. The molecule has 0 spiro atoms. The summed E-state index contributed by atoms with van der Waals surface area (Å²) in [7, 11) is 2.68. The molecule has 0 heterocycles. The number of urea groups is 1. The highest BCUT2D eigenvalue weighted by Gasteiger charge is 2.26. The van der Waals surface area contributed by atoms with Crippen LogP contribution in [0.2, 0.25) is 0 Å². The number of rotatable bonds is 12. The Morgan fingerprint density at radius 3 is 1.23 bits per heavy atom. The number of likely N-dealkylation sites (N-methyl/N-ethyl adjacent to an activating group) is 2. The van der Waals surface area contributed by atoms with Gasteiger partial charge in [0.05, 0.1) is 0 Å². The van der Waals surface area contributed by atoms with Crippen LogP contribution in [-0.4, -0.2) is 65.6 Å². The lowest BCUT2D eigenvalue weighted by atomic mass is 10.0. The first kappa shape index (κ1) is 34.8. The minimum Gasteiger partial charge on any atom is -0.340 e. The lowest BCUT2D eigenvalue weighted by Crippen LogP contribution is -2.46. The van der Waals surface area contributed by atoms with E-state index in [1.165, 1.54) is 62.6 Å². The number of benzene rings is 2. The lowest BCUT2D eigenvalue weighted by Gasteiger charge is -2.21. The summed E-state index contributed by atoms with van der Waals surface area (Å²) >= 11 is 0. The van der Waals surface area contributed by atoms with Crippen LogP contribution in [0.4, 0.5) is 16.2 Å². The third kappa shape index (κ3) is 10.4. The van der Waals surface area contributed by atoms with Crippen LogP contribution in [0.3, 0.4) is 0 Å². The van der Waals surface area contributed by atoms with Crippen molar-refractivity contribution in [1.29, 1.82) is 10.5 Å². The third-order valence-corrected chi connectivity index (χ3v) is 6.39. The minimum absolute atomic E-state index is 0.102. The standard InChI is InChI=1S/C31H38N8O5/c1-19(2)15-25(29(42)38(5)17-32)36-27(40)21-7-11-23(12-8-21)34-31(44)35-24-13-9-22(10-14-24)28(41)37-26(16-20(3)4)30(43)39(6)18-33/h7-14,19-20,25-26H,15-16H2,1-6H3,(H,36,40)(H,37,41)(H2,34,35,44). The zero-order chi connectivity index (χ0) is 33.0. The number of hydrogen-bond donors (Lipinski definition) is 4. The molecule has 0 aliphatic heterocycles. The molecule has 0 radical (unpaired) electrons. The van der Waals surface area contributed by atoms with Gasteiger partial charge in [0.1, 0.15) is 12.1 Å². The highest BCUT2D eigenvalue weighted by Crippen LogP contribution is 2.15. The van der Waals surface area contributed by atoms with Crippen LogP contribution in [0.15, 0.2) is 48.5 Å². The van der Waals surface area contributed by atoms with Crippen molar-refractivity contribution in [3.63, 3.8) is 0 Å². The average molecular weight is 603 g/mol. The summed E-state index contributed by atoms with van der Waals surface area (Å²) in [6, 6.07) is 9.81. The average Bonchev–Trinajstić information content (AvgIpc) is 2.98. The molecule has 13 heteroatoms. The van der Waals surface area contributed by atoms with E-state index in [0.717, 1.165) is 9.80 Å². The largest absolute Gasteiger partial charge is 0.340 e. The van der Waals surface area contributed by atoms with Crippen LogP contribution in [0.5, 0.6) is 0 Å². The van der Waals surface area contributed by atoms with Gasteiger partial charge in [-0.15, -0.1) is 0 Å². The van der Waals surface area contributed by atoms with Crippen molar-refractivity contribution in [1.82, 2.24) is 20.4 Å². The van der Waals surface area contributed by atoms with Crippen molar-refractivity contribution in [2.75, 3.05) is 24.7 Å². The Balaban J connectivity index is 1.99. The van der Waals surface area contributed by atoms with E-state index in [9.17, 15) is 24.0 Å². The second-order valence-corrected chi connectivity index (χ2v) is 11.0. The number of nitrogens with zero attached hydrogens (tertiary/aromatic N) is 4. The van der Waals surface area contributed by atoms with Crippen LogP contribution in [-0.2, 0) is 9.59 Å². The molecule has 2 atom stereocenters. The molecular weight excluding hydrogens is 564 g/mol. The SMILES string of the molecule is CC(C)CC(NC(=O)c1ccc(NC(=O)Nc2ccc(C(=O)NC(CC(C)C)C(=O)N(C)C#N)cc2)cc1)C(=O)N(C)C#N. The molecule has 0 fully saturated rings. The van der Waals surface area contributed by atoms with Crippen molar-refractivity contribution in [3.8, 4) is 12.4 Å². The van der Waals surface area contributed by atoms with E-state index in [1.54, 1.807) is 12.4 Å². The summed E-state index contributed by atoms with van der Waals surface area (Å²) in [5.41, 5.74) is 1.33. The van der Waals surface area contributed by atoms with Gasteiger partial charge in [0, 0.05) is 36.6 Å². The van der Waals surface area contributed by atoms with Gasteiger partial charge in [0.25, 0.3) is 23.6 Å². The minimum atomic E-state index is -0.859. The van der Waals surface area contributed by atoms with Gasteiger partial charge >= 0.3 is 6.03 Å². The van der Waals surface area contributed by atoms with E-state index in [-0.39, 0.29) is 23.0 Å². The Morgan fingerprint density at radius 2 is 0.955 bits per heavy atom. The molecule has 44 heavy (non-hydrogen) atoms. The third-order valence-electron chi connectivity index (χ3n) is 6.39. The highest BCUT2D eigenvalue weighted by atomic mass is 16.2. The maximum atomic E-state index is 12.8. The van der Waals surface area contributed by atoms with Crippen LogP contribution >= 0.6 is 0 Å². The Bertz CT molecular complexity index is 1320. The number of anilines is 2. The molecule has 0 aliphatic carbocycles. The summed E-state index contributed by atoms with van der Waals surface area (Å²) in [4.78, 5) is 64.8. The maximum absolute atomic E-state index is 12.8. The van der Waals surface area contributed by atoms with Gasteiger partial charge in [0.15, 0.2) is 12.4 Å². The van der Waals surface area contributed by atoms with Gasteiger partial charge < -0.3 is 21.3 Å². The molecule has 2 rings (SSSR count). The summed E-state index contributed by atoms with van der Waals surface area (Å²) in [5.74, 6) is -1.80. The van der Waals surface area contributed by atoms with Gasteiger partial charge in [0.2, 0.25) is 0 Å². The van der Waals surface area contributed by atoms with Crippen LogP contribution in [0.25, 0.3) is 0 Å². The fourth-order valence-electron chi connectivity index (χ4n) is 4.14. The molecular formula is C31H38N8O5. The summed E-state index contributed by atoms with van der Waals surface area (Å²) in [5, 5.41) is 28.7. The maximum Gasteiger partial charge on any atom is 0.323 e. The van der Waals surface area contributed by atoms with Gasteiger partial charge in [-0.1, -0.05) is 27.7 Å². The van der Waals surface area contributed by atoms with Crippen molar-refractivity contribution in [2.45, 2.75) is 52.6 Å². The first-order valence-electron chi connectivity index (χ1n) is 14.0. The fourth-order valence-corrected chi connectivity index (χ4v) is 4.14. The first-order chi connectivity index (χ1) is 20.7. The Hall–Kier alpha value is -5.43. The van der Waals surface area contributed by atoms with E-state index >= 15 is 0 Å². The number of amides is 6. The number of hydrogen-bond acceptors (Lipinski definition) is 7. The molecule has 2 aromatic carbocycles. The van der Waals surface area contributed by atoms with E-state index in [0.29, 0.717) is 24.2 Å². The lowest BCUT2D eigenvalue weighted by molar-refractivity contribution is -0.130. The topological polar surface area (TPSA) is 188 Å². The van der Waals surface area contributed by atoms with Gasteiger partial charge in [-0.05, 0) is 73.2 Å². The monoisotopic (exact) mass is 602 g/mol. The molecule has 6 amide bonds. The number of carbonyl (C=O) groups is 5. The fraction of sp³-hybridized carbons (Fsp3) is 0.387. The van der Waals surface area contributed by atoms with Gasteiger partial charge in [-0.2, -0.15) is 10.5 Å². The van der Waals surface area contributed by atoms with E-state index < -0.39 is 41.7 Å². The first-order valence-corrected chi connectivity index (χ1v) is 14.0. The number of nitriles is 2. The molecule has 0 bridgehead atoms. The quantitative estimate of drug-likeness (QED) is 0.211. The summed E-state index contributed by atoms with van der Waals surface area (Å²) in [6.07, 6.45) is 4.22.